The number of halogens is 1. The summed E-state index contributed by atoms with van der Waals surface area (Å²) in [4.78, 5) is 11.7. The van der Waals surface area contributed by atoms with Gasteiger partial charge in [0.1, 0.15) is 0 Å². The van der Waals surface area contributed by atoms with Gasteiger partial charge in [0, 0.05) is 12.6 Å². The van der Waals surface area contributed by atoms with E-state index in [9.17, 15) is 4.79 Å². The molecule has 1 N–H and O–H groups in total. The Balaban J connectivity index is 2.41. The van der Waals surface area contributed by atoms with Crippen molar-refractivity contribution in [3.05, 3.63) is 0 Å². The Kier molecular flexibility index (Phi) is 4.20. The summed E-state index contributed by atoms with van der Waals surface area (Å²) in [5.74, 6) is 0.0582. The van der Waals surface area contributed by atoms with Gasteiger partial charge in [0.15, 0.2) is 0 Å². The average molecular weight is 220 g/mol. The highest BCUT2D eigenvalue weighted by Crippen LogP contribution is 2.20. The van der Waals surface area contributed by atoms with E-state index in [0.717, 1.165) is 6.42 Å². The van der Waals surface area contributed by atoms with Crippen molar-refractivity contribution < 1.29 is 9.53 Å². The van der Waals surface area contributed by atoms with Crippen LogP contribution in [0.15, 0.2) is 0 Å². The quantitative estimate of drug-likeness (QED) is 0.732. The monoisotopic (exact) mass is 219 g/mol. The molecule has 1 aliphatic rings. The van der Waals surface area contributed by atoms with Gasteiger partial charge in [-0.1, -0.05) is 0 Å². The van der Waals surface area contributed by atoms with Crippen LogP contribution in [0.5, 0.6) is 0 Å². The highest BCUT2D eigenvalue weighted by molar-refractivity contribution is 6.20. The number of amides is 1. The predicted molar refractivity (Wildman–Crippen MR) is 56.4 cm³/mol. The largest absolute Gasteiger partial charge is 0.378 e. The number of rotatable bonds is 3. The third-order valence-electron chi connectivity index (χ3n) is 2.77. The zero-order valence-corrected chi connectivity index (χ0v) is 9.67. The maximum atomic E-state index is 11.7. The molecule has 4 heteroatoms. The van der Waals surface area contributed by atoms with E-state index in [1.54, 1.807) is 0 Å². The van der Waals surface area contributed by atoms with Crippen molar-refractivity contribution in [2.24, 2.45) is 5.92 Å². The molecule has 82 valence electrons. The van der Waals surface area contributed by atoms with Gasteiger partial charge in [-0.2, -0.15) is 0 Å². The van der Waals surface area contributed by atoms with Crippen molar-refractivity contribution >= 4 is 17.5 Å². The lowest BCUT2D eigenvalue weighted by Crippen LogP contribution is -2.42. The van der Waals surface area contributed by atoms with Gasteiger partial charge in [0.25, 0.3) is 0 Å². The number of alkyl halides is 1. The summed E-state index contributed by atoms with van der Waals surface area (Å²) in [7, 11) is 0. The second-order valence-corrected chi connectivity index (χ2v) is 4.63. The predicted octanol–water partition coefficient (Wildman–Crippen LogP) is 1.54. The third kappa shape index (κ3) is 2.85. The van der Waals surface area contributed by atoms with Crippen LogP contribution in [0.1, 0.15) is 27.2 Å². The maximum absolute atomic E-state index is 11.7. The summed E-state index contributed by atoms with van der Waals surface area (Å²) in [5, 5.41) is 2.86. The highest BCUT2D eigenvalue weighted by Gasteiger charge is 2.31. The molecule has 0 aromatic heterocycles. The van der Waals surface area contributed by atoms with Crippen LogP contribution < -0.4 is 5.32 Å². The minimum absolute atomic E-state index is 0.00660. The summed E-state index contributed by atoms with van der Waals surface area (Å²) in [6.07, 6.45) is 0.851. The molecule has 1 saturated heterocycles. The van der Waals surface area contributed by atoms with Gasteiger partial charge >= 0.3 is 0 Å². The van der Waals surface area contributed by atoms with Crippen LogP contribution in [0.4, 0.5) is 0 Å². The van der Waals surface area contributed by atoms with E-state index < -0.39 is 0 Å². The van der Waals surface area contributed by atoms with Crippen LogP contribution in [0.25, 0.3) is 0 Å². The van der Waals surface area contributed by atoms with Crippen molar-refractivity contribution in [3.8, 4) is 0 Å². The first-order valence-electron chi connectivity index (χ1n) is 5.08. The van der Waals surface area contributed by atoms with Gasteiger partial charge in [0.2, 0.25) is 5.91 Å². The molecule has 0 saturated carbocycles. The van der Waals surface area contributed by atoms with Gasteiger partial charge in [0.05, 0.1) is 17.4 Å². The second kappa shape index (κ2) is 4.99. The lowest BCUT2D eigenvalue weighted by atomic mass is 10.0. The molecule has 4 atom stereocenters. The van der Waals surface area contributed by atoms with Crippen molar-refractivity contribution in [3.63, 3.8) is 0 Å². The first-order valence-corrected chi connectivity index (χ1v) is 5.52. The number of hydrogen-bond acceptors (Lipinski definition) is 2. The van der Waals surface area contributed by atoms with Gasteiger partial charge < -0.3 is 10.1 Å². The van der Waals surface area contributed by atoms with Crippen LogP contribution >= 0.6 is 11.6 Å². The van der Waals surface area contributed by atoms with Crippen molar-refractivity contribution in [2.45, 2.75) is 44.7 Å². The summed E-state index contributed by atoms with van der Waals surface area (Å²) in [5.41, 5.74) is 0. The van der Waals surface area contributed by atoms with Gasteiger partial charge in [-0.15, -0.1) is 11.6 Å². The molecular formula is C10H18ClNO2. The Morgan fingerprint density at radius 1 is 1.57 bits per heavy atom. The molecule has 0 aromatic rings. The Morgan fingerprint density at radius 3 is 2.64 bits per heavy atom. The van der Waals surface area contributed by atoms with E-state index in [-0.39, 0.29) is 29.3 Å². The molecule has 3 nitrogen and oxygen atoms in total. The third-order valence-corrected chi connectivity index (χ3v) is 3.15. The number of nitrogens with one attached hydrogen (secondary N) is 1. The van der Waals surface area contributed by atoms with E-state index in [1.165, 1.54) is 0 Å². The van der Waals surface area contributed by atoms with Crippen LogP contribution in [0.3, 0.4) is 0 Å². The summed E-state index contributed by atoms with van der Waals surface area (Å²) in [6, 6.07) is 0.0111. The molecular weight excluding hydrogens is 202 g/mol. The second-order valence-electron chi connectivity index (χ2n) is 3.95. The molecule has 0 bridgehead atoms. The van der Waals surface area contributed by atoms with Crippen LogP contribution in [-0.4, -0.2) is 30.0 Å². The number of ether oxygens (including phenoxy) is 1. The van der Waals surface area contributed by atoms with Crippen molar-refractivity contribution in [1.29, 1.82) is 0 Å². The average Bonchev–Trinajstić information content (AvgIpc) is 2.51. The van der Waals surface area contributed by atoms with E-state index in [2.05, 4.69) is 5.32 Å². The Morgan fingerprint density at radius 2 is 2.21 bits per heavy atom. The highest BCUT2D eigenvalue weighted by atomic mass is 35.5. The fourth-order valence-electron chi connectivity index (χ4n) is 1.52. The van der Waals surface area contributed by atoms with Crippen molar-refractivity contribution in [1.82, 2.24) is 5.32 Å². The maximum Gasteiger partial charge on any atom is 0.226 e. The minimum atomic E-state index is -0.0448. The molecule has 1 heterocycles. The molecule has 0 spiro atoms. The number of carbonyl (C=O) groups excluding carboxylic acids is 1. The van der Waals surface area contributed by atoms with Crippen LogP contribution in [-0.2, 0) is 9.53 Å². The molecule has 1 fully saturated rings. The minimum Gasteiger partial charge on any atom is -0.378 e. The smallest absolute Gasteiger partial charge is 0.226 e. The zero-order valence-electron chi connectivity index (χ0n) is 8.92. The molecule has 4 unspecified atom stereocenters. The van der Waals surface area contributed by atoms with E-state index in [1.807, 2.05) is 20.8 Å². The zero-order chi connectivity index (χ0) is 10.7. The van der Waals surface area contributed by atoms with E-state index in [0.29, 0.717) is 6.61 Å². The first-order chi connectivity index (χ1) is 6.52. The number of carbonyl (C=O) groups is 1. The summed E-state index contributed by atoms with van der Waals surface area (Å²) >= 11 is 5.87. The standard InChI is InChI=1S/C10H18ClNO2/c1-6(11)7(2)12-10(13)9-4-5-14-8(9)3/h6-9H,4-5H2,1-3H3,(H,12,13). The summed E-state index contributed by atoms with van der Waals surface area (Å²) < 4.78 is 5.33. The van der Waals surface area contributed by atoms with Gasteiger partial charge in [-0.25, -0.2) is 0 Å². The number of hydrogen-bond donors (Lipinski definition) is 1. The molecule has 1 aliphatic heterocycles. The Labute approximate surface area is 90.1 Å². The summed E-state index contributed by atoms with van der Waals surface area (Å²) in [6.45, 7) is 6.41. The SMILES string of the molecule is CC(Cl)C(C)NC(=O)C1CCOC1C. The Bertz CT molecular complexity index is 208. The molecule has 0 aromatic carbocycles. The molecule has 1 amide bonds. The first kappa shape index (κ1) is 11.8. The van der Waals surface area contributed by atoms with E-state index >= 15 is 0 Å². The normalized spacial score (nSPS) is 31.1. The Hall–Kier alpha value is -0.280. The van der Waals surface area contributed by atoms with Crippen molar-refractivity contribution in [2.75, 3.05) is 6.61 Å². The van der Waals surface area contributed by atoms with Crippen LogP contribution in [0, 0.1) is 5.92 Å². The topological polar surface area (TPSA) is 38.3 Å². The molecule has 0 aliphatic carbocycles. The molecule has 14 heavy (non-hydrogen) atoms. The molecule has 0 radical (unpaired) electrons. The van der Waals surface area contributed by atoms with E-state index in [4.69, 9.17) is 16.3 Å². The lowest BCUT2D eigenvalue weighted by Gasteiger charge is -2.20. The van der Waals surface area contributed by atoms with Gasteiger partial charge in [-0.05, 0) is 27.2 Å². The fraction of sp³-hybridized carbons (Fsp3) is 0.900. The lowest BCUT2D eigenvalue weighted by molar-refractivity contribution is -0.126. The van der Waals surface area contributed by atoms with Crippen LogP contribution in [0.2, 0.25) is 0 Å². The molecule has 1 rings (SSSR count). The van der Waals surface area contributed by atoms with Gasteiger partial charge in [-0.3, -0.25) is 4.79 Å². The fourth-order valence-corrected chi connectivity index (χ4v) is 1.59.